The first-order valence-corrected chi connectivity index (χ1v) is 10.4. The standard InChI is InChI=1S/C20H20N4O3S/c21-14-15-6-4-7-16(12-15)20(25)23-17-8-5-9-18(13-17)28(26,27)24-19-10-2-1-3-11-22-19/h4-9,12-13H,1-3,10-11H2,(H,22,24)(H,23,25). The lowest BCUT2D eigenvalue weighted by molar-refractivity contribution is 0.102. The summed E-state index contributed by atoms with van der Waals surface area (Å²) in [6.07, 6.45) is 3.49. The minimum Gasteiger partial charge on any atom is -0.322 e. The van der Waals surface area contributed by atoms with Gasteiger partial charge in [0, 0.05) is 24.2 Å². The lowest BCUT2D eigenvalue weighted by atomic mass is 10.1. The van der Waals surface area contributed by atoms with E-state index in [-0.39, 0.29) is 4.90 Å². The second-order valence-electron chi connectivity index (χ2n) is 6.42. The van der Waals surface area contributed by atoms with Crippen LogP contribution in [0.15, 0.2) is 58.4 Å². The fourth-order valence-corrected chi connectivity index (χ4v) is 3.98. The van der Waals surface area contributed by atoms with E-state index in [1.54, 1.807) is 30.3 Å². The molecule has 2 N–H and O–H groups in total. The van der Waals surface area contributed by atoms with Crippen molar-refractivity contribution in [2.75, 3.05) is 11.9 Å². The molecule has 0 radical (unpaired) electrons. The largest absolute Gasteiger partial charge is 0.322 e. The van der Waals surface area contributed by atoms with E-state index >= 15 is 0 Å². The summed E-state index contributed by atoms with van der Waals surface area (Å²) in [7, 11) is -3.78. The highest BCUT2D eigenvalue weighted by Crippen LogP contribution is 2.17. The van der Waals surface area contributed by atoms with E-state index in [0.717, 1.165) is 19.3 Å². The number of benzene rings is 2. The van der Waals surface area contributed by atoms with E-state index < -0.39 is 15.9 Å². The van der Waals surface area contributed by atoms with E-state index in [1.807, 2.05) is 6.07 Å². The highest BCUT2D eigenvalue weighted by Gasteiger charge is 2.18. The van der Waals surface area contributed by atoms with Crippen molar-refractivity contribution < 1.29 is 13.2 Å². The molecule has 1 aliphatic heterocycles. The Morgan fingerprint density at radius 2 is 1.89 bits per heavy atom. The smallest absolute Gasteiger partial charge is 0.262 e. The second-order valence-corrected chi connectivity index (χ2v) is 8.10. The van der Waals surface area contributed by atoms with Crippen LogP contribution in [0, 0.1) is 11.3 Å². The van der Waals surface area contributed by atoms with Crippen LogP contribution in [0.3, 0.4) is 0 Å². The zero-order valence-electron chi connectivity index (χ0n) is 15.2. The number of carbonyl (C=O) groups excluding carboxylic acids is 1. The molecule has 0 unspecified atom stereocenters. The summed E-state index contributed by atoms with van der Waals surface area (Å²) >= 11 is 0. The lowest BCUT2D eigenvalue weighted by Gasteiger charge is -2.11. The van der Waals surface area contributed by atoms with Crippen LogP contribution >= 0.6 is 0 Å². The molecule has 1 amide bonds. The zero-order chi connectivity index (χ0) is 20.0. The van der Waals surface area contributed by atoms with Gasteiger partial charge in [-0.3, -0.25) is 14.5 Å². The molecule has 1 aliphatic rings. The molecule has 28 heavy (non-hydrogen) atoms. The summed E-state index contributed by atoms with van der Waals surface area (Å²) in [5, 5.41) is 11.6. The second kappa shape index (κ2) is 8.67. The van der Waals surface area contributed by atoms with Crippen LogP contribution in [0.1, 0.15) is 41.6 Å². The molecule has 144 valence electrons. The topological polar surface area (TPSA) is 111 Å². The summed E-state index contributed by atoms with van der Waals surface area (Å²) in [5.74, 6) is 0.0491. The van der Waals surface area contributed by atoms with Crippen LogP contribution < -0.4 is 10.0 Å². The molecule has 2 aromatic rings. The van der Waals surface area contributed by atoms with Crippen LogP contribution in [0.2, 0.25) is 0 Å². The van der Waals surface area contributed by atoms with Gasteiger partial charge >= 0.3 is 0 Å². The average molecular weight is 396 g/mol. The molecule has 0 aromatic heterocycles. The fraction of sp³-hybridized carbons (Fsp3) is 0.250. The van der Waals surface area contributed by atoms with Gasteiger partial charge in [0.25, 0.3) is 15.9 Å². The number of nitrogens with one attached hydrogen (secondary N) is 2. The van der Waals surface area contributed by atoms with Gasteiger partial charge in [-0.15, -0.1) is 0 Å². The van der Waals surface area contributed by atoms with Crippen LogP contribution in [-0.4, -0.2) is 26.7 Å². The normalized spacial score (nSPS) is 14.3. The third-order valence-electron chi connectivity index (χ3n) is 4.28. The third kappa shape index (κ3) is 4.96. The van der Waals surface area contributed by atoms with Gasteiger partial charge in [0.05, 0.1) is 16.5 Å². The van der Waals surface area contributed by atoms with Gasteiger partial charge < -0.3 is 5.32 Å². The Bertz CT molecular complexity index is 1060. The number of nitrogens with zero attached hydrogens (tertiary/aromatic N) is 2. The minimum atomic E-state index is -3.78. The molecule has 7 nitrogen and oxygen atoms in total. The Morgan fingerprint density at radius 1 is 1.07 bits per heavy atom. The van der Waals surface area contributed by atoms with E-state index in [2.05, 4.69) is 15.0 Å². The predicted molar refractivity (Wildman–Crippen MR) is 107 cm³/mol. The first-order valence-electron chi connectivity index (χ1n) is 8.96. The SMILES string of the molecule is N#Cc1cccc(C(=O)Nc2cccc(S(=O)(=O)NC3=NCCCCC3)c2)c1. The van der Waals surface area contributed by atoms with Crippen molar-refractivity contribution in [2.45, 2.75) is 30.6 Å². The highest BCUT2D eigenvalue weighted by molar-refractivity contribution is 7.90. The van der Waals surface area contributed by atoms with E-state index in [9.17, 15) is 13.2 Å². The van der Waals surface area contributed by atoms with E-state index in [0.29, 0.717) is 35.6 Å². The van der Waals surface area contributed by atoms with Crippen LogP contribution in [0.4, 0.5) is 5.69 Å². The molecule has 8 heteroatoms. The Kier molecular flexibility index (Phi) is 6.06. The Balaban J connectivity index is 1.76. The summed E-state index contributed by atoms with van der Waals surface area (Å²) in [4.78, 5) is 16.7. The Labute approximate surface area is 164 Å². The molecule has 1 heterocycles. The van der Waals surface area contributed by atoms with Gasteiger partial charge in [0.15, 0.2) is 0 Å². The molecule has 0 atom stereocenters. The number of amides is 1. The summed E-state index contributed by atoms with van der Waals surface area (Å²) in [6, 6.07) is 14.3. The molecule has 0 spiro atoms. The number of nitriles is 1. The molecule has 0 saturated carbocycles. The lowest BCUT2D eigenvalue weighted by Crippen LogP contribution is -2.30. The number of hydrogen-bond acceptors (Lipinski definition) is 5. The van der Waals surface area contributed by atoms with Crippen molar-refractivity contribution in [3.63, 3.8) is 0 Å². The van der Waals surface area contributed by atoms with Crippen molar-refractivity contribution in [3.05, 3.63) is 59.7 Å². The van der Waals surface area contributed by atoms with Crippen molar-refractivity contribution in [1.82, 2.24) is 4.72 Å². The van der Waals surface area contributed by atoms with E-state index in [1.165, 1.54) is 18.2 Å². The van der Waals surface area contributed by atoms with Crippen LogP contribution in [-0.2, 0) is 10.0 Å². The fourth-order valence-electron chi connectivity index (χ4n) is 2.85. The van der Waals surface area contributed by atoms with Gasteiger partial charge in [-0.2, -0.15) is 5.26 Å². The summed E-state index contributed by atoms with van der Waals surface area (Å²) in [6.45, 7) is 0.621. The molecule has 0 fully saturated rings. The first-order chi connectivity index (χ1) is 13.5. The van der Waals surface area contributed by atoms with Gasteiger partial charge in [-0.05, 0) is 49.2 Å². The molecular formula is C20H20N4O3S. The molecule has 0 aliphatic carbocycles. The van der Waals surface area contributed by atoms with Gasteiger partial charge in [0.1, 0.15) is 5.84 Å². The summed E-state index contributed by atoms with van der Waals surface area (Å²) in [5.41, 5.74) is 1.04. The number of amidine groups is 1. The van der Waals surface area contributed by atoms with Crippen LogP contribution in [0.5, 0.6) is 0 Å². The number of rotatable bonds is 4. The predicted octanol–water partition coefficient (Wildman–Crippen LogP) is 3.06. The highest BCUT2D eigenvalue weighted by atomic mass is 32.2. The van der Waals surface area contributed by atoms with Crippen LogP contribution in [0.25, 0.3) is 0 Å². The quantitative estimate of drug-likeness (QED) is 0.827. The van der Waals surface area contributed by atoms with Gasteiger partial charge in [0.2, 0.25) is 0 Å². The number of aliphatic imine (C=N–C) groups is 1. The number of carbonyl (C=O) groups is 1. The monoisotopic (exact) mass is 396 g/mol. The molecule has 0 saturated heterocycles. The number of hydrogen-bond donors (Lipinski definition) is 2. The Hall–Kier alpha value is -3.18. The van der Waals surface area contributed by atoms with Crippen molar-refractivity contribution >= 4 is 27.5 Å². The third-order valence-corrected chi connectivity index (χ3v) is 5.66. The number of anilines is 1. The average Bonchev–Trinajstić information content (AvgIpc) is 2.96. The molecule has 2 aromatic carbocycles. The van der Waals surface area contributed by atoms with Crippen molar-refractivity contribution in [1.29, 1.82) is 5.26 Å². The first kappa shape index (κ1) is 19.6. The van der Waals surface area contributed by atoms with Crippen molar-refractivity contribution in [2.24, 2.45) is 4.99 Å². The maximum Gasteiger partial charge on any atom is 0.262 e. The molecular weight excluding hydrogens is 376 g/mol. The van der Waals surface area contributed by atoms with Gasteiger partial charge in [-0.25, -0.2) is 8.42 Å². The Morgan fingerprint density at radius 3 is 2.71 bits per heavy atom. The van der Waals surface area contributed by atoms with Crippen molar-refractivity contribution in [3.8, 4) is 6.07 Å². The molecule has 3 rings (SSSR count). The van der Waals surface area contributed by atoms with E-state index in [4.69, 9.17) is 5.26 Å². The summed E-state index contributed by atoms with van der Waals surface area (Å²) < 4.78 is 27.9. The molecule has 0 bridgehead atoms. The zero-order valence-corrected chi connectivity index (χ0v) is 16.0. The maximum atomic E-state index is 12.7. The van der Waals surface area contributed by atoms with Gasteiger partial charge in [-0.1, -0.05) is 18.6 Å². The maximum absolute atomic E-state index is 12.7. The number of sulfonamides is 1. The minimum absolute atomic E-state index is 0.0445.